The first-order chi connectivity index (χ1) is 10.6. The van der Waals surface area contributed by atoms with Crippen molar-refractivity contribution in [1.29, 1.82) is 0 Å². The van der Waals surface area contributed by atoms with Gasteiger partial charge in [-0.2, -0.15) is 5.10 Å². The van der Waals surface area contributed by atoms with Crippen LogP contribution in [0.25, 0.3) is 0 Å². The van der Waals surface area contributed by atoms with Gasteiger partial charge in [-0.25, -0.2) is 0 Å². The first kappa shape index (κ1) is 16.6. The standard InChI is InChI=1S/C15H26N6O/c1-20(2)9-8-17-15(22)12-10-14(19-18-11-12)21(3)13-4-6-16-7-5-13/h10-11,13,16H,4-9H2,1-3H3,(H,17,22). The predicted octanol–water partition coefficient (Wildman–Crippen LogP) is -0.0438. The molecular formula is C15H26N6O. The second-order valence-electron chi connectivity index (χ2n) is 5.95. The number of nitrogens with zero attached hydrogens (tertiary/aromatic N) is 4. The molecule has 1 aliphatic heterocycles. The van der Waals surface area contributed by atoms with Crippen LogP contribution in [0, 0.1) is 0 Å². The number of carbonyl (C=O) groups excluding carboxylic acids is 1. The molecule has 1 aromatic heterocycles. The van der Waals surface area contributed by atoms with Crippen molar-refractivity contribution >= 4 is 11.7 Å². The van der Waals surface area contributed by atoms with Crippen molar-refractivity contribution in [3.05, 3.63) is 17.8 Å². The fourth-order valence-electron chi connectivity index (χ4n) is 2.53. The minimum Gasteiger partial charge on any atom is -0.355 e. The normalized spacial score (nSPS) is 15.8. The van der Waals surface area contributed by atoms with E-state index in [4.69, 9.17) is 0 Å². The number of aromatic nitrogens is 2. The summed E-state index contributed by atoms with van der Waals surface area (Å²) in [5.74, 6) is 0.656. The molecule has 1 aromatic rings. The van der Waals surface area contributed by atoms with Crippen LogP contribution in [0.2, 0.25) is 0 Å². The monoisotopic (exact) mass is 306 g/mol. The first-order valence-corrected chi connectivity index (χ1v) is 7.77. The zero-order valence-electron chi connectivity index (χ0n) is 13.7. The van der Waals surface area contributed by atoms with Crippen LogP contribution in [-0.2, 0) is 0 Å². The topological polar surface area (TPSA) is 73.4 Å². The quantitative estimate of drug-likeness (QED) is 0.768. The fraction of sp³-hybridized carbons (Fsp3) is 0.667. The Morgan fingerprint density at radius 3 is 2.77 bits per heavy atom. The molecular weight excluding hydrogens is 280 g/mol. The highest BCUT2D eigenvalue weighted by molar-refractivity contribution is 5.94. The number of hydrogen-bond donors (Lipinski definition) is 2. The van der Waals surface area contributed by atoms with Gasteiger partial charge in [0.15, 0.2) is 5.82 Å². The minimum absolute atomic E-state index is 0.100. The molecule has 0 bridgehead atoms. The Balaban J connectivity index is 1.97. The molecule has 7 heteroatoms. The average Bonchev–Trinajstić information content (AvgIpc) is 2.54. The van der Waals surface area contributed by atoms with E-state index in [1.165, 1.54) is 6.20 Å². The molecule has 1 fully saturated rings. The lowest BCUT2D eigenvalue weighted by Crippen LogP contribution is -2.41. The lowest BCUT2D eigenvalue weighted by Gasteiger charge is -2.32. The summed E-state index contributed by atoms with van der Waals surface area (Å²) in [5, 5.41) is 14.4. The Kier molecular flexibility index (Phi) is 6.09. The highest BCUT2D eigenvalue weighted by atomic mass is 16.1. The van der Waals surface area contributed by atoms with Crippen LogP contribution in [0.4, 0.5) is 5.82 Å². The fourth-order valence-corrected chi connectivity index (χ4v) is 2.53. The number of rotatable bonds is 6. The third kappa shape index (κ3) is 4.64. The second kappa shape index (κ2) is 8.05. The molecule has 1 aliphatic rings. The van der Waals surface area contributed by atoms with Gasteiger partial charge in [0, 0.05) is 26.2 Å². The van der Waals surface area contributed by atoms with E-state index in [0.29, 0.717) is 18.2 Å². The highest BCUT2D eigenvalue weighted by Crippen LogP contribution is 2.17. The summed E-state index contributed by atoms with van der Waals surface area (Å²) in [6, 6.07) is 2.27. The number of likely N-dealkylation sites (N-methyl/N-ethyl adjacent to an activating group) is 1. The largest absolute Gasteiger partial charge is 0.355 e. The summed E-state index contributed by atoms with van der Waals surface area (Å²) in [4.78, 5) is 16.3. The molecule has 1 saturated heterocycles. The van der Waals surface area contributed by atoms with Crippen molar-refractivity contribution in [2.45, 2.75) is 18.9 Å². The van der Waals surface area contributed by atoms with Gasteiger partial charge in [0.2, 0.25) is 0 Å². The van der Waals surface area contributed by atoms with Gasteiger partial charge in [0.05, 0.1) is 11.8 Å². The third-order valence-corrected chi connectivity index (χ3v) is 3.97. The molecule has 0 unspecified atom stereocenters. The molecule has 0 radical (unpaired) electrons. The van der Waals surface area contributed by atoms with Crippen LogP contribution >= 0.6 is 0 Å². The van der Waals surface area contributed by atoms with Gasteiger partial charge in [0.25, 0.3) is 5.91 Å². The van der Waals surface area contributed by atoms with Gasteiger partial charge >= 0.3 is 0 Å². The Labute approximate surface area is 132 Å². The van der Waals surface area contributed by atoms with E-state index < -0.39 is 0 Å². The van der Waals surface area contributed by atoms with Gasteiger partial charge in [-0.05, 0) is 46.1 Å². The molecule has 0 saturated carbocycles. The summed E-state index contributed by atoms with van der Waals surface area (Å²) in [6.07, 6.45) is 3.68. The molecule has 1 amide bonds. The molecule has 2 heterocycles. The first-order valence-electron chi connectivity index (χ1n) is 7.77. The van der Waals surface area contributed by atoms with Crippen LogP contribution in [0.1, 0.15) is 23.2 Å². The van der Waals surface area contributed by atoms with Gasteiger partial charge in [0.1, 0.15) is 0 Å². The average molecular weight is 306 g/mol. The van der Waals surface area contributed by atoms with Crippen molar-refractivity contribution in [2.24, 2.45) is 0 Å². The van der Waals surface area contributed by atoms with Gasteiger partial charge in [-0.3, -0.25) is 4.79 Å². The second-order valence-corrected chi connectivity index (χ2v) is 5.95. The highest BCUT2D eigenvalue weighted by Gasteiger charge is 2.20. The maximum Gasteiger partial charge on any atom is 0.253 e. The molecule has 0 aliphatic carbocycles. The van der Waals surface area contributed by atoms with Gasteiger partial charge < -0.3 is 20.4 Å². The van der Waals surface area contributed by atoms with Crippen molar-refractivity contribution in [2.75, 3.05) is 52.2 Å². The van der Waals surface area contributed by atoms with E-state index in [0.717, 1.165) is 38.3 Å². The zero-order chi connectivity index (χ0) is 15.9. The van der Waals surface area contributed by atoms with Crippen LogP contribution in [-0.4, -0.2) is 74.4 Å². The minimum atomic E-state index is -0.100. The molecule has 22 heavy (non-hydrogen) atoms. The van der Waals surface area contributed by atoms with Crippen molar-refractivity contribution in [1.82, 2.24) is 25.7 Å². The summed E-state index contributed by atoms with van der Waals surface area (Å²) < 4.78 is 0. The molecule has 0 aromatic carbocycles. The third-order valence-electron chi connectivity index (χ3n) is 3.97. The van der Waals surface area contributed by atoms with Gasteiger partial charge in [-0.15, -0.1) is 5.10 Å². The number of piperidine rings is 1. The molecule has 0 atom stereocenters. The van der Waals surface area contributed by atoms with Crippen molar-refractivity contribution in [3.8, 4) is 0 Å². The molecule has 2 rings (SSSR count). The van der Waals surface area contributed by atoms with Crippen LogP contribution in [0.3, 0.4) is 0 Å². The van der Waals surface area contributed by atoms with E-state index in [1.807, 2.05) is 32.1 Å². The molecule has 2 N–H and O–H groups in total. The molecule has 122 valence electrons. The number of anilines is 1. The van der Waals surface area contributed by atoms with Gasteiger partial charge in [-0.1, -0.05) is 0 Å². The van der Waals surface area contributed by atoms with Crippen molar-refractivity contribution in [3.63, 3.8) is 0 Å². The van der Waals surface area contributed by atoms with E-state index in [9.17, 15) is 4.79 Å². The number of carbonyl (C=O) groups is 1. The predicted molar refractivity (Wildman–Crippen MR) is 87.2 cm³/mol. The van der Waals surface area contributed by atoms with Crippen LogP contribution in [0.15, 0.2) is 12.3 Å². The Bertz CT molecular complexity index is 487. The molecule has 7 nitrogen and oxygen atoms in total. The van der Waals surface area contributed by atoms with E-state index in [2.05, 4.69) is 25.7 Å². The smallest absolute Gasteiger partial charge is 0.253 e. The lowest BCUT2D eigenvalue weighted by molar-refractivity contribution is 0.0950. The van der Waals surface area contributed by atoms with E-state index in [-0.39, 0.29) is 5.91 Å². The maximum atomic E-state index is 12.2. The van der Waals surface area contributed by atoms with E-state index in [1.54, 1.807) is 0 Å². The summed E-state index contributed by atoms with van der Waals surface area (Å²) in [7, 11) is 5.98. The van der Waals surface area contributed by atoms with Crippen LogP contribution < -0.4 is 15.5 Å². The number of nitrogens with one attached hydrogen (secondary N) is 2. The maximum absolute atomic E-state index is 12.2. The Morgan fingerprint density at radius 1 is 1.36 bits per heavy atom. The summed E-state index contributed by atoms with van der Waals surface area (Å²) in [6.45, 7) is 3.47. The number of amides is 1. The summed E-state index contributed by atoms with van der Waals surface area (Å²) in [5.41, 5.74) is 0.560. The Hall–Kier alpha value is -1.73. The summed E-state index contributed by atoms with van der Waals surface area (Å²) >= 11 is 0. The van der Waals surface area contributed by atoms with Crippen LogP contribution in [0.5, 0.6) is 0 Å². The Morgan fingerprint density at radius 2 is 2.09 bits per heavy atom. The zero-order valence-corrected chi connectivity index (χ0v) is 13.7. The lowest BCUT2D eigenvalue weighted by atomic mass is 10.1. The van der Waals surface area contributed by atoms with Crippen molar-refractivity contribution < 1.29 is 4.79 Å². The van der Waals surface area contributed by atoms with E-state index >= 15 is 0 Å². The SMILES string of the molecule is CN(C)CCNC(=O)c1cnnc(N(C)C2CCNCC2)c1. The molecule has 0 spiro atoms. The number of hydrogen-bond acceptors (Lipinski definition) is 6.